The number of carbonyl (C=O) groups excluding carboxylic acids is 1. The van der Waals surface area contributed by atoms with E-state index in [1.807, 2.05) is 30.3 Å². The molecule has 0 bridgehead atoms. The Kier molecular flexibility index (Phi) is 5.91. The Balaban J connectivity index is 1.66. The molecule has 1 saturated heterocycles. The molecule has 0 radical (unpaired) electrons. The van der Waals surface area contributed by atoms with Crippen LogP contribution in [0, 0.1) is 0 Å². The number of nitrogens with one attached hydrogen (secondary N) is 3. The molecule has 3 N–H and O–H groups in total. The van der Waals surface area contributed by atoms with Crippen LogP contribution in [0.15, 0.2) is 48.5 Å². The first-order valence-electron chi connectivity index (χ1n) is 8.57. The summed E-state index contributed by atoms with van der Waals surface area (Å²) in [7, 11) is 2.19. The second-order valence-electron chi connectivity index (χ2n) is 6.49. The fourth-order valence-corrected chi connectivity index (χ4v) is 3.11. The van der Waals surface area contributed by atoms with Crippen molar-refractivity contribution in [2.24, 2.45) is 0 Å². The van der Waals surface area contributed by atoms with E-state index in [4.69, 9.17) is 16.3 Å². The number of anilines is 1. The van der Waals surface area contributed by atoms with Crippen molar-refractivity contribution in [3.05, 3.63) is 53.6 Å². The molecule has 1 aliphatic heterocycles. The number of hydrogen-bond acceptors (Lipinski definition) is 2. The van der Waals surface area contributed by atoms with Gasteiger partial charge in [0.05, 0.1) is 12.7 Å². The second-order valence-corrected chi connectivity index (χ2v) is 6.92. The van der Waals surface area contributed by atoms with E-state index in [-0.39, 0.29) is 5.91 Å². The number of hydrogen-bond donors (Lipinski definition) is 3. The van der Waals surface area contributed by atoms with Crippen molar-refractivity contribution in [1.82, 2.24) is 0 Å². The topological polar surface area (TPSA) is 47.2 Å². The number of amides is 1. The maximum absolute atomic E-state index is 12.4. The SMILES string of the molecule is C[NH+]1CC[NH+](CC(=O)Nc2cc(Cl)ccc2Oc2ccccc2)CC1. The predicted octanol–water partition coefficient (Wildman–Crippen LogP) is 0.484. The van der Waals surface area contributed by atoms with Gasteiger partial charge in [0, 0.05) is 5.02 Å². The highest BCUT2D eigenvalue weighted by atomic mass is 35.5. The van der Waals surface area contributed by atoms with E-state index < -0.39 is 0 Å². The van der Waals surface area contributed by atoms with Gasteiger partial charge in [-0.3, -0.25) is 4.79 Å². The third-order valence-corrected chi connectivity index (χ3v) is 4.64. The smallest absolute Gasteiger partial charge is 0.279 e. The average Bonchev–Trinajstić information content (AvgIpc) is 2.60. The lowest BCUT2D eigenvalue weighted by Crippen LogP contribution is -3.27. The molecule has 1 fully saturated rings. The van der Waals surface area contributed by atoms with Gasteiger partial charge in [0.15, 0.2) is 12.3 Å². The number of rotatable bonds is 5. The van der Waals surface area contributed by atoms with E-state index in [0.29, 0.717) is 28.8 Å². The van der Waals surface area contributed by atoms with Crippen molar-refractivity contribution < 1.29 is 19.3 Å². The quantitative estimate of drug-likeness (QED) is 0.725. The van der Waals surface area contributed by atoms with Crippen molar-refractivity contribution in [3.8, 4) is 11.5 Å². The maximum Gasteiger partial charge on any atom is 0.279 e. The third-order valence-electron chi connectivity index (χ3n) is 4.41. The fourth-order valence-electron chi connectivity index (χ4n) is 2.93. The highest BCUT2D eigenvalue weighted by molar-refractivity contribution is 6.31. The third kappa shape index (κ3) is 5.19. The molecule has 1 amide bonds. The average molecular weight is 362 g/mol. The molecule has 25 heavy (non-hydrogen) atoms. The molecule has 2 aromatic carbocycles. The zero-order valence-electron chi connectivity index (χ0n) is 14.3. The zero-order valence-corrected chi connectivity index (χ0v) is 15.1. The number of benzene rings is 2. The van der Waals surface area contributed by atoms with Crippen LogP contribution in [0.4, 0.5) is 5.69 Å². The van der Waals surface area contributed by atoms with E-state index in [1.165, 1.54) is 9.80 Å². The Labute approximate surface area is 153 Å². The van der Waals surface area contributed by atoms with Crippen LogP contribution in [-0.2, 0) is 4.79 Å². The summed E-state index contributed by atoms with van der Waals surface area (Å²) < 4.78 is 5.89. The number of para-hydroxylation sites is 1. The van der Waals surface area contributed by atoms with E-state index in [9.17, 15) is 4.79 Å². The Hall–Kier alpha value is -2.08. The first-order valence-corrected chi connectivity index (χ1v) is 8.95. The summed E-state index contributed by atoms with van der Waals surface area (Å²) in [6.45, 7) is 4.69. The molecule has 2 aromatic rings. The Morgan fingerprint density at radius 2 is 1.84 bits per heavy atom. The summed E-state index contributed by atoms with van der Waals surface area (Å²) >= 11 is 6.10. The van der Waals surface area contributed by atoms with Gasteiger partial charge in [-0.05, 0) is 30.3 Å². The molecule has 1 heterocycles. The Morgan fingerprint density at radius 1 is 1.12 bits per heavy atom. The summed E-state index contributed by atoms with van der Waals surface area (Å²) in [4.78, 5) is 15.3. The zero-order chi connectivity index (χ0) is 17.6. The van der Waals surface area contributed by atoms with Crippen molar-refractivity contribution >= 4 is 23.2 Å². The monoisotopic (exact) mass is 361 g/mol. The fraction of sp³-hybridized carbons (Fsp3) is 0.316. The lowest BCUT2D eigenvalue weighted by molar-refractivity contribution is -0.999. The lowest BCUT2D eigenvalue weighted by Gasteiger charge is -2.26. The molecule has 5 nitrogen and oxygen atoms in total. The van der Waals surface area contributed by atoms with Crippen molar-refractivity contribution in [3.63, 3.8) is 0 Å². The van der Waals surface area contributed by atoms with Crippen molar-refractivity contribution in [2.45, 2.75) is 0 Å². The van der Waals surface area contributed by atoms with Gasteiger partial charge in [-0.1, -0.05) is 29.8 Å². The molecule has 6 heteroatoms. The van der Waals surface area contributed by atoms with Gasteiger partial charge in [0.2, 0.25) is 0 Å². The molecule has 132 valence electrons. The van der Waals surface area contributed by atoms with Gasteiger partial charge in [-0.2, -0.15) is 0 Å². The van der Waals surface area contributed by atoms with Crippen LogP contribution in [0.5, 0.6) is 11.5 Å². The van der Waals surface area contributed by atoms with E-state index in [1.54, 1.807) is 18.2 Å². The van der Waals surface area contributed by atoms with Gasteiger partial charge in [-0.15, -0.1) is 0 Å². The molecule has 0 saturated carbocycles. The summed E-state index contributed by atoms with van der Waals surface area (Å²) in [5.41, 5.74) is 0.598. The number of piperazine rings is 1. The second kappa shape index (κ2) is 8.34. The molecular weight excluding hydrogens is 338 g/mol. The Morgan fingerprint density at radius 3 is 2.56 bits per heavy atom. The normalized spacial score (nSPS) is 20.1. The van der Waals surface area contributed by atoms with E-state index >= 15 is 0 Å². The van der Waals surface area contributed by atoms with Crippen LogP contribution in [-0.4, -0.2) is 45.7 Å². The van der Waals surface area contributed by atoms with Gasteiger partial charge in [0.1, 0.15) is 31.9 Å². The highest BCUT2D eigenvalue weighted by Crippen LogP contribution is 2.31. The molecule has 0 aliphatic carbocycles. The molecule has 3 rings (SSSR count). The number of halogens is 1. The van der Waals surface area contributed by atoms with Crippen LogP contribution in [0.25, 0.3) is 0 Å². The molecule has 0 spiro atoms. The maximum atomic E-state index is 12.4. The van der Waals surface area contributed by atoms with Crippen molar-refractivity contribution in [1.29, 1.82) is 0 Å². The minimum absolute atomic E-state index is 0.0188. The van der Waals surface area contributed by atoms with Crippen LogP contribution in [0.2, 0.25) is 5.02 Å². The van der Waals surface area contributed by atoms with E-state index in [0.717, 1.165) is 26.2 Å². The summed E-state index contributed by atoms with van der Waals surface area (Å²) in [6, 6.07) is 14.7. The van der Waals surface area contributed by atoms with Crippen LogP contribution >= 0.6 is 11.6 Å². The summed E-state index contributed by atoms with van der Waals surface area (Å²) in [6.07, 6.45) is 0. The van der Waals surface area contributed by atoms with Gasteiger partial charge < -0.3 is 19.9 Å². The first kappa shape index (κ1) is 17.7. The molecule has 0 atom stereocenters. The van der Waals surface area contributed by atoms with Crippen molar-refractivity contribution in [2.75, 3.05) is 45.1 Å². The summed E-state index contributed by atoms with van der Waals surface area (Å²) in [5.74, 6) is 1.28. The molecule has 1 aliphatic rings. The van der Waals surface area contributed by atoms with Gasteiger partial charge >= 0.3 is 0 Å². The minimum atomic E-state index is -0.0188. The van der Waals surface area contributed by atoms with Crippen LogP contribution < -0.4 is 19.9 Å². The molecule has 0 aromatic heterocycles. The minimum Gasteiger partial charge on any atom is -0.455 e. The predicted molar refractivity (Wildman–Crippen MR) is 98.8 cm³/mol. The Bertz CT molecular complexity index is 716. The van der Waals surface area contributed by atoms with Crippen LogP contribution in [0.3, 0.4) is 0 Å². The van der Waals surface area contributed by atoms with Gasteiger partial charge in [-0.25, -0.2) is 0 Å². The highest BCUT2D eigenvalue weighted by Gasteiger charge is 2.22. The number of carbonyl (C=O) groups is 1. The number of quaternary nitrogens is 2. The number of likely N-dealkylation sites (N-methyl/N-ethyl adjacent to an activating group) is 1. The standard InChI is InChI=1S/C19H22ClN3O2/c1-22-9-11-23(12-10-22)14-19(24)21-17-13-15(20)7-8-18(17)25-16-5-3-2-4-6-16/h2-8,13H,9-12,14H2,1H3,(H,21,24)/p+2. The van der Waals surface area contributed by atoms with E-state index in [2.05, 4.69) is 12.4 Å². The molecule has 0 unspecified atom stereocenters. The number of ether oxygens (including phenoxy) is 1. The van der Waals surface area contributed by atoms with Gasteiger partial charge in [0.25, 0.3) is 5.91 Å². The molecular formula is C19H24ClN3O2+2. The first-order chi connectivity index (χ1) is 12.1. The lowest BCUT2D eigenvalue weighted by atomic mass is 10.2. The van der Waals surface area contributed by atoms with Crippen LogP contribution in [0.1, 0.15) is 0 Å². The largest absolute Gasteiger partial charge is 0.455 e. The summed E-state index contributed by atoms with van der Waals surface area (Å²) in [5, 5.41) is 3.52.